The summed E-state index contributed by atoms with van der Waals surface area (Å²) in [5.41, 5.74) is 1.00. The first-order chi connectivity index (χ1) is 13.5. The van der Waals surface area contributed by atoms with Crippen LogP contribution in [0.25, 0.3) is 0 Å². The van der Waals surface area contributed by atoms with Crippen LogP contribution in [0.15, 0.2) is 52.9 Å². The second kappa shape index (κ2) is 9.54. The number of halogens is 1. The van der Waals surface area contributed by atoms with Gasteiger partial charge in [-0.3, -0.25) is 14.9 Å². The van der Waals surface area contributed by atoms with Crippen molar-refractivity contribution in [3.05, 3.63) is 59.1 Å². The number of nitrogens with one attached hydrogen (secondary N) is 2. The van der Waals surface area contributed by atoms with Crippen LogP contribution in [0, 0.1) is 0 Å². The number of benzene rings is 2. The van der Waals surface area contributed by atoms with E-state index in [0.717, 1.165) is 0 Å². The molecule has 0 aliphatic heterocycles. The fourth-order valence-corrected chi connectivity index (χ4v) is 3.92. The fourth-order valence-electron chi connectivity index (χ4n) is 2.15. The number of nitrogens with zero attached hydrogens (tertiary/aromatic N) is 2. The minimum atomic E-state index is -0.367. The van der Waals surface area contributed by atoms with Crippen LogP contribution in [0.5, 0.6) is 5.75 Å². The molecule has 0 unspecified atom stereocenters. The quantitative estimate of drug-likeness (QED) is 0.428. The van der Waals surface area contributed by atoms with Crippen molar-refractivity contribution in [2.24, 2.45) is 0 Å². The smallest absolute Gasteiger partial charge is 0.259 e. The molecule has 1 aromatic heterocycles. The normalized spacial score (nSPS) is 10.4. The standard InChI is InChI=1S/C18H15ClN4O3S2/c1-26-12-6-4-5-11(9-12)20-15(24)10-27-18-23-22-17(28-18)21-16(25)13-7-2-3-8-14(13)19/h2-9H,10H2,1H3,(H,20,24)(H,21,22,25). The summed E-state index contributed by atoms with van der Waals surface area (Å²) >= 11 is 8.42. The predicted molar refractivity (Wildman–Crippen MR) is 112 cm³/mol. The van der Waals surface area contributed by atoms with Crippen LogP contribution in [0.3, 0.4) is 0 Å². The summed E-state index contributed by atoms with van der Waals surface area (Å²) in [5.74, 6) is 0.266. The van der Waals surface area contributed by atoms with Crippen LogP contribution in [0.4, 0.5) is 10.8 Å². The lowest BCUT2D eigenvalue weighted by Crippen LogP contribution is -2.13. The van der Waals surface area contributed by atoms with Crippen molar-refractivity contribution >= 4 is 57.3 Å². The summed E-state index contributed by atoms with van der Waals surface area (Å²) in [4.78, 5) is 24.3. The minimum Gasteiger partial charge on any atom is -0.497 e. The molecule has 0 aliphatic rings. The first kappa shape index (κ1) is 20.1. The second-order valence-corrected chi connectivity index (χ2v) is 7.98. The molecular weight excluding hydrogens is 420 g/mol. The minimum absolute atomic E-state index is 0.157. The summed E-state index contributed by atoms with van der Waals surface area (Å²) in [6, 6.07) is 13.8. The molecule has 0 spiro atoms. The molecule has 0 atom stereocenters. The van der Waals surface area contributed by atoms with Gasteiger partial charge in [0.25, 0.3) is 5.91 Å². The number of hydrogen-bond acceptors (Lipinski definition) is 7. The molecule has 10 heteroatoms. The van der Waals surface area contributed by atoms with E-state index >= 15 is 0 Å². The van der Waals surface area contributed by atoms with E-state index in [0.29, 0.717) is 31.5 Å². The molecule has 0 aliphatic carbocycles. The first-order valence-corrected chi connectivity index (χ1v) is 10.2. The monoisotopic (exact) mass is 434 g/mol. The molecule has 0 saturated carbocycles. The third-order valence-electron chi connectivity index (χ3n) is 3.43. The van der Waals surface area contributed by atoms with Crippen molar-refractivity contribution in [2.75, 3.05) is 23.5 Å². The Kier molecular flexibility index (Phi) is 6.85. The van der Waals surface area contributed by atoms with Gasteiger partial charge >= 0.3 is 0 Å². The molecule has 144 valence electrons. The molecule has 0 bridgehead atoms. The summed E-state index contributed by atoms with van der Waals surface area (Å²) in [7, 11) is 1.56. The van der Waals surface area contributed by atoms with E-state index in [4.69, 9.17) is 16.3 Å². The van der Waals surface area contributed by atoms with Crippen molar-refractivity contribution in [1.29, 1.82) is 0 Å². The van der Waals surface area contributed by atoms with Gasteiger partial charge in [-0.25, -0.2) is 0 Å². The second-order valence-electron chi connectivity index (χ2n) is 5.38. The van der Waals surface area contributed by atoms with Crippen molar-refractivity contribution in [1.82, 2.24) is 10.2 Å². The highest BCUT2D eigenvalue weighted by atomic mass is 35.5. The number of methoxy groups -OCH3 is 1. The van der Waals surface area contributed by atoms with Gasteiger partial charge < -0.3 is 10.1 Å². The average Bonchev–Trinajstić information content (AvgIpc) is 3.14. The van der Waals surface area contributed by atoms with E-state index in [9.17, 15) is 9.59 Å². The average molecular weight is 435 g/mol. The molecule has 2 aromatic carbocycles. The van der Waals surface area contributed by atoms with Crippen LogP contribution in [-0.2, 0) is 4.79 Å². The summed E-state index contributed by atoms with van der Waals surface area (Å²) < 4.78 is 5.69. The molecule has 2 N–H and O–H groups in total. The molecule has 0 fully saturated rings. The van der Waals surface area contributed by atoms with Gasteiger partial charge in [0.1, 0.15) is 5.75 Å². The Hall–Kier alpha value is -2.62. The molecule has 28 heavy (non-hydrogen) atoms. The highest BCUT2D eigenvalue weighted by molar-refractivity contribution is 8.01. The summed E-state index contributed by atoms with van der Waals surface area (Å²) in [6.45, 7) is 0. The number of ether oxygens (including phenoxy) is 1. The highest BCUT2D eigenvalue weighted by Crippen LogP contribution is 2.27. The number of carbonyl (C=O) groups is 2. The van der Waals surface area contributed by atoms with Gasteiger partial charge in [0.05, 0.1) is 23.4 Å². The van der Waals surface area contributed by atoms with Crippen molar-refractivity contribution in [2.45, 2.75) is 4.34 Å². The largest absolute Gasteiger partial charge is 0.497 e. The van der Waals surface area contributed by atoms with Gasteiger partial charge in [-0.05, 0) is 24.3 Å². The van der Waals surface area contributed by atoms with Crippen LogP contribution in [0.1, 0.15) is 10.4 Å². The molecule has 7 nitrogen and oxygen atoms in total. The Morgan fingerprint density at radius 2 is 1.96 bits per heavy atom. The Bertz CT molecular complexity index is 996. The summed E-state index contributed by atoms with van der Waals surface area (Å²) in [5, 5.41) is 14.0. The van der Waals surface area contributed by atoms with E-state index in [1.165, 1.54) is 23.1 Å². The molecule has 3 aromatic rings. The van der Waals surface area contributed by atoms with Crippen molar-refractivity contribution < 1.29 is 14.3 Å². The third-order valence-corrected chi connectivity index (χ3v) is 5.73. The lowest BCUT2D eigenvalue weighted by Gasteiger charge is -2.06. The lowest BCUT2D eigenvalue weighted by atomic mass is 10.2. The van der Waals surface area contributed by atoms with Gasteiger partial charge in [-0.15, -0.1) is 10.2 Å². The molecular formula is C18H15ClN4O3S2. The topological polar surface area (TPSA) is 93.2 Å². The maximum atomic E-state index is 12.2. The van der Waals surface area contributed by atoms with E-state index in [2.05, 4.69) is 20.8 Å². The van der Waals surface area contributed by atoms with Gasteiger partial charge in [0.15, 0.2) is 4.34 Å². The Balaban J connectivity index is 1.52. The zero-order valence-electron chi connectivity index (χ0n) is 14.6. The Morgan fingerprint density at radius 1 is 1.14 bits per heavy atom. The molecule has 0 saturated heterocycles. The number of anilines is 2. The Morgan fingerprint density at radius 3 is 2.75 bits per heavy atom. The van der Waals surface area contributed by atoms with E-state index in [1.807, 2.05) is 0 Å². The van der Waals surface area contributed by atoms with Crippen LogP contribution < -0.4 is 15.4 Å². The number of carbonyl (C=O) groups excluding carboxylic acids is 2. The van der Waals surface area contributed by atoms with Crippen molar-refractivity contribution in [3.8, 4) is 5.75 Å². The van der Waals surface area contributed by atoms with Crippen molar-refractivity contribution in [3.63, 3.8) is 0 Å². The number of hydrogen-bond donors (Lipinski definition) is 2. The number of thioether (sulfide) groups is 1. The van der Waals surface area contributed by atoms with Gasteiger partial charge in [-0.2, -0.15) is 0 Å². The predicted octanol–water partition coefficient (Wildman–Crippen LogP) is 4.18. The van der Waals surface area contributed by atoms with Gasteiger partial charge in [-0.1, -0.05) is 52.9 Å². The zero-order valence-corrected chi connectivity index (χ0v) is 17.0. The number of amides is 2. The maximum Gasteiger partial charge on any atom is 0.259 e. The molecule has 3 rings (SSSR count). The zero-order chi connectivity index (χ0) is 19.9. The van der Waals surface area contributed by atoms with Gasteiger partial charge in [0, 0.05) is 11.8 Å². The lowest BCUT2D eigenvalue weighted by molar-refractivity contribution is -0.113. The highest BCUT2D eigenvalue weighted by Gasteiger charge is 2.14. The van der Waals surface area contributed by atoms with Crippen LogP contribution >= 0.6 is 34.7 Å². The SMILES string of the molecule is COc1cccc(NC(=O)CSc2nnc(NC(=O)c3ccccc3Cl)s2)c1. The third kappa shape index (κ3) is 5.44. The summed E-state index contributed by atoms with van der Waals surface area (Å²) in [6.07, 6.45) is 0. The number of rotatable bonds is 7. The first-order valence-electron chi connectivity index (χ1n) is 8.01. The van der Waals surface area contributed by atoms with Crippen LogP contribution in [-0.4, -0.2) is 34.9 Å². The Labute approximate surface area is 174 Å². The van der Waals surface area contributed by atoms with E-state index < -0.39 is 0 Å². The molecule has 1 heterocycles. The molecule has 2 amide bonds. The fraction of sp³-hybridized carbons (Fsp3) is 0.111. The molecule has 0 radical (unpaired) electrons. The number of aromatic nitrogens is 2. The van der Waals surface area contributed by atoms with E-state index in [-0.39, 0.29) is 17.6 Å². The van der Waals surface area contributed by atoms with Crippen LogP contribution in [0.2, 0.25) is 5.02 Å². The maximum absolute atomic E-state index is 12.2. The van der Waals surface area contributed by atoms with E-state index in [1.54, 1.807) is 55.6 Å². The van der Waals surface area contributed by atoms with Gasteiger partial charge in [0.2, 0.25) is 11.0 Å².